The SMILES string of the molecule is O=C(c1ccccc1)C(c1ccccc1)n1cnc2c(Cl)cc(Cl)cc2c1=O. The van der Waals surface area contributed by atoms with Crippen molar-refractivity contribution in [2.75, 3.05) is 0 Å². The summed E-state index contributed by atoms with van der Waals surface area (Å²) in [5, 5.41) is 0.888. The Labute approximate surface area is 171 Å². The number of carbonyl (C=O) groups is 1. The van der Waals surface area contributed by atoms with Crippen LogP contribution in [0.25, 0.3) is 10.9 Å². The van der Waals surface area contributed by atoms with Crippen LogP contribution in [0.3, 0.4) is 0 Å². The molecule has 1 atom stereocenters. The molecule has 3 aromatic carbocycles. The fourth-order valence-electron chi connectivity index (χ4n) is 3.19. The van der Waals surface area contributed by atoms with Crippen LogP contribution in [-0.4, -0.2) is 15.3 Å². The van der Waals surface area contributed by atoms with Crippen molar-refractivity contribution in [3.63, 3.8) is 0 Å². The van der Waals surface area contributed by atoms with Crippen molar-refractivity contribution >= 4 is 39.9 Å². The van der Waals surface area contributed by atoms with Gasteiger partial charge in [-0.05, 0) is 17.7 Å². The number of halogens is 2. The molecule has 0 aliphatic carbocycles. The molecule has 1 aromatic heterocycles. The number of fused-ring (bicyclic) bond motifs is 1. The highest BCUT2D eigenvalue weighted by atomic mass is 35.5. The van der Waals surface area contributed by atoms with E-state index in [-0.39, 0.29) is 21.8 Å². The molecule has 138 valence electrons. The molecule has 1 unspecified atom stereocenters. The molecule has 6 heteroatoms. The fourth-order valence-corrected chi connectivity index (χ4v) is 3.73. The summed E-state index contributed by atoms with van der Waals surface area (Å²) in [4.78, 5) is 30.9. The standard InChI is InChI=1S/C22H14Cl2N2O2/c23-16-11-17-19(18(24)12-16)25-13-26(22(17)28)20(14-7-3-1-4-8-14)21(27)15-9-5-2-6-10-15/h1-13,20H. The lowest BCUT2D eigenvalue weighted by Crippen LogP contribution is -2.31. The highest BCUT2D eigenvalue weighted by Gasteiger charge is 2.26. The van der Waals surface area contributed by atoms with Gasteiger partial charge in [-0.3, -0.25) is 14.2 Å². The molecule has 0 aliphatic rings. The third-order valence-corrected chi connectivity index (χ3v) is 5.01. The lowest BCUT2D eigenvalue weighted by Gasteiger charge is -2.19. The zero-order valence-corrected chi connectivity index (χ0v) is 16.1. The molecule has 0 spiro atoms. The largest absolute Gasteiger partial charge is 0.291 e. The van der Waals surface area contributed by atoms with E-state index < -0.39 is 6.04 Å². The van der Waals surface area contributed by atoms with Gasteiger partial charge in [0.1, 0.15) is 6.04 Å². The maximum atomic E-state index is 13.3. The zero-order valence-electron chi connectivity index (χ0n) is 14.5. The van der Waals surface area contributed by atoms with Crippen molar-refractivity contribution in [2.24, 2.45) is 0 Å². The average Bonchev–Trinajstić information content (AvgIpc) is 2.71. The van der Waals surface area contributed by atoms with Crippen molar-refractivity contribution in [3.05, 3.63) is 111 Å². The lowest BCUT2D eigenvalue weighted by atomic mass is 9.97. The number of hydrogen-bond donors (Lipinski definition) is 0. The first kappa shape index (κ1) is 18.4. The monoisotopic (exact) mass is 408 g/mol. The Balaban J connectivity index is 1.96. The molecule has 4 nitrogen and oxygen atoms in total. The average molecular weight is 409 g/mol. The van der Waals surface area contributed by atoms with Gasteiger partial charge < -0.3 is 0 Å². The summed E-state index contributed by atoms with van der Waals surface area (Å²) >= 11 is 12.3. The van der Waals surface area contributed by atoms with E-state index in [1.807, 2.05) is 36.4 Å². The number of hydrogen-bond acceptors (Lipinski definition) is 3. The molecule has 4 aromatic rings. The van der Waals surface area contributed by atoms with Gasteiger partial charge in [0, 0.05) is 10.6 Å². The second-order valence-corrected chi connectivity index (χ2v) is 7.13. The predicted molar refractivity (Wildman–Crippen MR) is 111 cm³/mol. The van der Waals surface area contributed by atoms with Crippen LogP contribution >= 0.6 is 23.2 Å². The van der Waals surface area contributed by atoms with Crippen molar-refractivity contribution in [3.8, 4) is 0 Å². The number of nitrogens with zero attached hydrogens (tertiary/aromatic N) is 2. The number of benzene rings is 3. The van der Waals surface area contributed by atoms with Gasteiger partial charge in [0.15, 0.2) is 5.78 Å². The van der Waals surface area contributed by atoms with Crippen LogP contribution in [0.2, 0.25) is 10.0 Å². The molecule has 1 heterocycles. The van der Waals surface area contributed by atoms with Crippen LogP contribution in [0.1, 0.15) is 22.0 Å². The molecule has 0 fully saturated rings. The van der Waals surface area contributed by atoms with E-state index in [1.54, 1.807) is 24.3 Å². The van der Waals surface area contributed by atoms with Crippen LogP contribution in [0.4, 0.5) is 0 Å². The Hall–Kier alpha value is -2.95. The molecule has 0 radical (unpaired) electrons. The van der Waals surface area contributed by atoms with Crippen molar-refractivity contribution in [1.82, 2.24) is 9.55 Å². The Bertz CT molecular complexity index is 1220. The predicted octanol–water partition coefficient (Wildman–Crippen LogP) is 5.18. The van der Waals surface area contributed by atoms with Crippen LogP contribution in [-0.2, 0) is 0 Å². The maximum absolute atomic E-state index is 13.3. The van der Waals surface area contributed by atoms with Gasteiger partial charge in [-0.2, -0.15) is 0 Å². The number of Topliss-reactive ketones (excluding diaryl/α,β-unsaturated/α-hetero) is 1. The van der Waals surface area contributed by atoms with E-state index in [0.717, 1.165) is 0 Å². The van der Waals surface area contributed by atoms with Crippen LogP contribution in [0.15, 0.2) is 83.9 Å². The molecule has 0 amide bonds. The Morgan fingerprint density at radius 3 is 2.25 bits per heavy atom. The Morgan fingerprint density at radius 1 is 0.929 bits per heavy atom. The van der Waals surface area contributed by atoms with Gasteiger partial charge >= 0.3 is 0 Å². The van der Waals surface area contributed by atoms with Crippen molar-refractivity contribution < 1.29 is 4.79 Å². The molecule has 0 saturated heterocycles. The number of ketones is 1. The first-order chi connectivity index (χ1) is 13.6. The first-order valence-corrected chi connectivity index (χ1v) is 9.32. The Morgan fingerprint density at radius 2 is 1.57 bits per heavy atom. The molecule has 0 bridgehead atoms. The van der Waals surface area contributed by atoms with E-state index in [4.69, 9.17) is 23.2 Å². The first-order valence-electron chi connectivity index (χ1n) is 8.56. The van der Waals surface area contributed by atoms with E-state index in [9.17, 15) is 9.59 Å². The topological polar surface area (TPSA) is 52.0 Å². The van der Waals surface area contributed by atoms with E-state index >= 15 is 0 Å². The number of carbonyl (C=O) groups excluding carboxylic acids is 1. The van der Waals surface area contributed by atoms with Gasteiger partial charge in [-0.25, -0.2) is 4.98 Å². The second kappa shape index (κ2) is 7.58. The smallest absolute Gasteiger partial charge is 0.262 e. The minimum atomic E-state index is -0.856. The summed E-state index contributed by atoms with van der Waals surface area (Å²) in [5.41, 5.74) is 1.17. The van der Waals surface area contributed by atoms with Gasteiger partial charge in [0.25, 0.3) is 5.56 Å². The molecular formula is C22H14Cl2N2O2. The molecule has 0 aliphatic heterocycles. The second-order valence-electron chi connectivity index (χ2n) is 6.28. The molecule has 0 saturated carbocycles. The molecule has 4 rings (SSSR count). The van der Waals surface area contributed by atoms with Crippen LogP contribution < -0.4 is 5.56 Å². The number of rotatable bonds is 4. The number of aromatic nitrogens is 2. The molecule has 0 N–H and O–H groups in total. The molecule has 28 heavy (non-hydrogen) atoms. The van der Waals surface area contributed by atoms with Gasteiger partial charge in [0.05, 0.1) is 22.3 Å². The summed E-state index contributed by atoms with van der Waals surface area (Å²) in [6.07, 6.45) is 1.36. The summed E-state index contributed by atoms with van der Waals surface area (Å²) in [6, 6.07) is 20.2. The van der Waals surface area contributed by atoms with Gasteiger partial charge in [0.2, 0.25) is 0 Å². The van der Waals surface area contributed by atoms with Crippen molar-refractivity contribution in [2.45, 2.75) is 6.04 Å². The maximum Gasteiger partial charge on any atom is 0.262 e. The summed E-state index contributed by atoms with van der Waals surface area (Å²) < 4.78 is 1.33. The minimum absolute atomic E-state index is 0.205. The zero-order chi connectivity index (χ0) is 19.7. The van der Waals surface area contributed by atoms with Crippen LogP contribution in [0.5, 0.6) is 0 Å². The lowest BCUT2D eigenvalue weighted by molar-refractivity contribution is 0.0944. The van der Waals surface area contributed by atoms with Gasteiger partial charge in [-0.1, -0.05) is 83.9 Å². The van der Waals surface area contributed by atoms with Crippen LogP contribution in [0, 0.1) is 0 Å². The normalized spacial score (nSPS) is 12.1. The summed E-state index contributed by atoms with van der Waals surface area (Å²) in [5.74, 6) is -0.205. The van der Waals surface area contributed by atoms with E-state index in [2.05, 4.69) is 4.98 Å². The third kappa shape index (κ3) is 3.33. The van der Waals surface area contributed by atoms with Crippen molar-refractivity contribution in [1.29, 1.82) is 0 Å². The van der Waals surface area contributed by atoms with Gasteiger partial charge in [-0.15, -0.1) is 0 Å². The van der Waals surface area contributed by atoms with E-state index in [1.165, 1.54) is 23.0 Å². The fraction of sp³-hybridized carbons (Fsp3) is 0.0455. The van der Waals surface area contributed by atoms with E-state index in [0.29, 0.717) is 21.7 Å². The highest BCUT2D eigenvalue weighted by molar-refractivity contribution is 6.38. The summed E-state index contributed by atoms with van der Waals surface area (Å²) in [7, 11) is 0. The third-order valence-electron chi connectivity index (χ3n) is 4.50. The summed E-state index contributed by atoms with van der Waals surface area (Å²) in [6.45, 7) is 0. The molecular weight excluding hydrogens is 395 g/mol. The highest BCUT2D eigenvalue weighted by Crippen LogP contribution is 2.26. The minimum Gasteiger partial charge on any atom is -0.291 e. The Kier molecular flexibility index (Phi) is 4.99. The quantitative estimate of drug-likeness (QED) is 0.437.